The number of hydrogen-bond acceptors (Lipinski definition) is 5. The van der Waals surface area contributed by atoms with Crippen LogP contribution in [0.2, 0.25) is 0 Å². The third-order valence-corrected chi connectivity index (χ3v) is 5.94. The van der Waals surface area contributed by atoms with Crippen LogP contribution in [-0.4, -0.2) is 19.4 Å². The van der Waals surface area contributed by atoms with E-state index in [-0.39, 0.29) is 0 Å². The number of thiophene rings is 1. The number of anilines is 1. The van der Waals surface area contributed by atoms with Crippen molar-refractivity contribution in [3.63, 3.8) is 0 Å². The normalized spacial score (nSPS) is 15.2. The van der Waals surface area contributed by atoms with E-state index in [9.17, 15) is 8.42 Å². The van der Waals surface area contributed by atoms with Gasteiger partial charge in [-0.15, -0.1) is 11.3 Å². The monoisotopic (exact) mass is 309 g/mol. The molecule has 0 spiro atoms. The molecule has 0 aliphatic heterocycles. The summed E-state index contributed by atoms with van der Waals surface area (Å²) in [5, 5.41) is 3.37. The standard InChI is InChI=1S/C13H15N3O2S2/c17-20(18,16-11-5-7-14-8-6-11)13-4-3-12(19-13)9-15-10-1-2-10/h3-8,10,15H,1-2,9H2,(H,14,16). The first-order chi connectivity index (χ1) is 9.63. The zero-order valence-electron chi connectivity index (χ0n) is 10.7. The van der Waals surface area contributed by atoms with E-state index in [1.165, 1.54) is 24.2 Å². The summed E-state index contributed by atoms with van der Waals surface area (Å²) in [5.41, 5.74) is 0.519. The minimum atomic E-state index is -3.50. The summed E-state index contributed by atoms with van der Waals surface area (Å²) >= 11 is 1.30. The molecule has 0 saturated heterocycles. The maximum absolute atomic E-state index is 12.2. The van der Waals surface area contributed by atoms with Crippen molar-refractivity contribution in [1.29, 1.82) is 0 Å². The molecule has 0 atom stereocenters. The Morgan fingerprint density at radius 3 is 2.65 bits per heavy atom. The van der Waals surface area contributed by atoms with Gasteiger partial charge in [-0.05, 0) is 37.1 Å². The first kappa shape index (κ1) is 13.5. The quantitative estimate of drug-likeness (QED) is 0.858. The van der Waals surface area contributed by atoms with E-state index >= 15 is 0 Å². The van der Waals surface area contributed by atoms with Gasteiger partial charge in [-0.25, -0.2) is 8.42 Å². The van der Waals surface area contributed by atoms with Crippen molar-refractivity contribution < 1.29 is 8.42 Å². The third kappa shape index (κ3) is 3.36. The van der Waals surface area contributed by atoms with Crippen molar-refractivity contribution >= 4 is 27.0 Å². The van der Waals surface area contributed by atoms with Gasteiger partial charge < -0.3 is 5.32 Å². The molecule has 7 heteroatoms. The Morgan fingerprint density at radius 1 is 1.20 bits per heavy atom. The fraction of sp³-hybridized carbons (Fsp3) is 0.308. The molecule has 106 valence electrons. The molecule has 2 aromatic heterocycles. The second-order valence-electron chi connectivity index (χ2n) is 4.72. The average molecular weight is 309 g/mol. The molecule has 0 aromatic carbocycles. The van der Waals surface area contributed by atoms with E-state index in [2.05, 4.69) is 15.0 Å². The van der Waals surface area contributed by atoms with Crippen LogP contribution in [0.25, 0.3) is 0 Å². The first-order valence-corrected chi connectivity index (χ1v) is 8.68. The van der Waals surface area contributed by atoms with Gasteiger partial charge in [0.25, 0.3) is 10.0 Å². The molecule has 1 aliphatic rings. The van der Waals surface area contributed by atoms with Gasteiger partial charge in [0.15, 0.2) is 0 Å². The Morgan fingerprint density at radius 2 is 1.95 bits per heavy atom. The summed E-state index contributed by atoms with van der Waals surface area (Å²) in [6, 6.07) is 7.38. The number of sulfonamides is 1. The molecule has 1 fully saturated rings. The minimum absolute atomic E-state index is 0.335. The molecule has 1 aliphatic carbocycles. The highest BCUT2D eigenvalue weighted by Crippen LogP contribution is 2.25. The topological polar surface area (TPSA) is 71.1 Å². The van der Waals surface area contributed by atoms with Crippen LogP contribution >= 0.6 is 11.3 Å². The molecule has 0 amide bonds. The summed E-state index contributed by atoms with van der Waals surface area (Å²) in [7, 11) is -3.50. The second kappa shape index (κ2) is 5.51. The van der Waals surface area contributed by atoms with Crippen molar-refractivity contribution in [2.45, 2.75) is 29.6 Å². The Balaban J connectivity index is 1.70. The zero-order chi connectivity index (χ0) is 14.0. The highest BCUT2D eigenvalue weighted by Gasteiger charge is 2.21. The van der Waals surface area contributed by atoms with Crippen molar-refractivity contribution in [3.05, 3.63) is 41.5 Å². The lowest BCUT2D eigenvalue weighted by Crippen LogP contribution is -2.14. The van der Waals surface area contributed by atoms with Gasteiger partial charge in [-0.2, -0.15) is 0 Å². The van der Waals surface area contributed by atoms with Gasteiger partial charge in [0, 0.05) is 29.9 Å². The second-order valence-corrected chi connectivity index (χ2v) is 7.79. The maximum Gasteiger partial charge on any atom is 0.271 e. The molecule has 2 N–H and O–H groups in total. The van der Waals surface area contributed by atoms with Gasteiger partial charge in [-0.1, -0.05) is 0 Å². The lowest BCUT2D eigenvalue weighted by Gasteiger charge is -2.05. The van der Waals surface area contributed by atoms with Crippen molar-refractivity contribution in [2.75, 3.05) is 4.72 Å². The van der Waals surface area contributed by atoms with Gasteiger partial charge >= 0.3 is 0 Å². The molecule has 5 nitrogen and oxygen atoms in total. The summed E-state index contributed by atoms with van der Waals surface area (Å²) in [5.74, 6) is 0. The molecule has 0 bridgehead atoms. The predicted octanol–water partition coefficient (Wildman–Crippen LogP) is 2.20. The van der Waals surface area contributed by atoms with Gasteiger partial charge in [0.05, 0.1) is 5.69 Å². The fourth-order valence-electron chi connectivity index (χ4n) is 1.76. The first-order valence-electron chi connectivity index (χ1n) is 6.38. The molecular weight excluding hydrogens is 294 g/mol. The minimum Gasteiger partial charge on any atom is -0.309 e. The maximum atomic E-state index is 12.2. The fourth-order valence-corrected chi connectivity index (χ4v) is 4.12. The largest absolute Gasteiger partial charge is 0.309 e. The van der Waals surface area contributed by atoms with E-state index in [0.29, 0.717) is 15.9 Å². The predicted molar refractivity (Wildman–Crippen MR) is 79.2 cm³/mol. The molecule has 2 heterocycles. The number of rotatable bonds is 6. The van der Waals surface area contributed by atoms with Crippen LogP contribution in [0.5, 0.6) is 0 Å². The number of aromatic nitrogens is 1. The molecule has 20 heavy (non-hydrogen) atoms. The van der Waals surface area contributed by atoms with Crippen molar-refractivity contribution in [2.24, 2.45) is 0 Å². The lowest BCUT2D eigenvalue weighted by molar-refractivity contribution is 0.603. The lowest BCUT2D eigenvalue weighted by atomic mass is 10.4. The van der Waals surface area contributed by atoms with E-state index < -0.39 is 10.0 Å². The smallest absolute Gasteiger partial charge is 0.271 e. The molecule has 2 aromatic rings. The van der Waals surface area contributed by atoms with Crippen LogP contribution in [0.15, 0.2) is 40.9 Å². The van der Waals surface area contributed by atoms with Crippen LogP contribution < -0.4 is 10.0 Å². The Hall–Kier alpha value is -1.44. The van der Waals surface area contributed by atoms with Crippen LogP contribution in [-0.2, 0) is 16.6 Å². The third-order valence-electron chi connectivity index (χ3n) is 2.98. The van der Waals surface area contributed by atoms with Gasteiger partial charge in [0.1, 0.15) is 4.21 Å². The summed E-state index contributed by atoms with van der Waals surface area (Å²) in [6.45, 7) is 0.736. The average Bonchev–Trinajstić information content (AvgIpc) is 3.13. The van der Waals surface area contributed by atoms with E-state index in [1.54, 1.807) is 30.6 Å². The van der Waals surface area contributed by atoms with Crippen molar-refractivity contribution in [1.82, 2.24) is 10.3 Å². The summed E-state index contributed by atoms with van der Waals surface area (Å²) < 4.78 is 27.3. The van der Waals surface area contributed by atoms with Crippen LogP contribution in [0.4, 0.5) is 5.69 Å². The summed E-state index contributed by atoms with van der Waals surface area (Å²) in [6.07, 6.45) is 5.55. The Labute approximate surface area is 122 Å². The van der Waals surface area contributed by atoms with Crippen LogP contribution in [0.3, 0.4) is 0 Å². The molecule has 0 unspecified atom stereocenters. The number of nitrogens with zero attached hydrogens (tertiary/aromatic N) is 1. The number of pyridine rings is 1. The van der Waals surface area contributed by atoms with E-state index in [1.807, 2.05) is 6.07 Å². The van der Waals surface area contributed by atoms with Crippen LogP contribution in [0, 0.1) is 0 Å². The summed E-state index contributed by atoms with van der Waals surface area (Å²) in [4.78, 5) is 4.89. The number of hydrogen-bond donors (Lipinski definition) is 2. The molecule has 1 saturated carbocycles. The SMILES string of the molecule is O=S(=O)(Nc1ccncc1)c1ccc(CNC2CC2)s1. The molecule has 3 rings (SSSR count). The van der Waals surface area contributed by atoms with Crippen LogP contribution in [0.1, 0.15) is 17.7 Å². The number of nitrogens with one attached hydrogen (secondary N) is 2. The molecular formula is C13H15N3O2S2. The van der Waals surface area contributed by atoms with E-state index in [4.69, 9.17) is 0 Å². The van der Waals surface area contributed by atoms with Crippen molar-refractivity contribution in [3.8, 4) is 0 Å². The molecule has 0 radical (unpaired) electrons. The highest BCUT2D eigenvalue weighted by atomic mass is 32.2. The van der Waals surface area contributed by atoms with Gasteiger partial charge in [0.2, 0.25) is 0 Å². The highest BCUT2D eigenvalue weighted by molar-refractivity contribution is 7.94. The van der Waals surface area contributed by atoms with Gasteiger partial charge in [-0.3, -0.25) is 9.71 Å². The van der Waals surface area contributed by atoms with E-state index in [0.717, 1.165) is 11.4 Å². The zero-order valence-corrected chi connectivity index (χ0v) is 12.4. The Bertz CT molecular complexity index is 679. The Kier molecular flexibility index (Phi) is 3.73.